The molecule has 1 saturated heterocycles. The van der Waals surface area contributed by atoms with Gasteiger partial charge in [0.2, 0.25) is 0 Å². The Bertz CT molecular complexity index is 587. The number of hydrogen-bond donors (Lipinski definition) is 3. The van der Waals surface area contributed by atoms with Crippen LogP contribution in [0.25, 0.3) is 10.9 Å². The number of rotatable bonds is 5. The van der Waals surface area contributed by atoms with E-state index in [4.69, 9.17) is 4.74 Å². The summed E-state index contributed by atoms with van der Waals surface area (Å²) in [6, 6.07) is 6.04. The topological polar surface area (TPSA) is 57.3 Å². The van der Waals surface area contributed by atoms with Crippen molar-refractivity contribution in [1.29, 1.82) is 0 Å². The third-order valence-electron chi connectivity index (χ3n) is 4.26. The van der Waals surface area contributed by atoms with Crippen molar-refractivity contribution >= 4 is 10.9 Å². The number of aliphatic hydroxyl groups excluding tert-OH is 1. The van der Waals surface area contributed by atoms with Gasteiger partial charge in [0, 0.05) is 35.1 Å². The first kappa shape index (κ1) is 14.4. The Hall–Kier alpha value is -1.52. The average Bonchev–Trinajstić information content (AvgIpc) is 2.96. The summed E-state index contributed by atoms with van der Waals surface area (Å²) in [6.07, 6.45) is 4.72. The molecular formula is C17H24N2O2. The lowest BCUT2D eigenvalue weighted by atomic mass is 9.89. The van der Waals surface area contributed by atoms with E-state index in [2.05, 4.69) is 17.2 Å². The lowest BCUT2D eigenvalue weighted by molar-refractivity contribution is 0.0934. The highest BCUT2D eigenvalue weighted by molar-refractivity contribution is 5.85. The molecule has 3 rings (SSSR count). The second-order valence-corrected chi connectivity index (χ2v) is 5.85. The summed E-state index contributed by atoms with van der Waals surface area (Å²) in [6.45, 7) is 4.77. The van der Waals surface area contributed by atoms with E-state index in [9.17, 15) is 5.11 Å². The van der Waals surface area contributed by atoms with Gasteiger partial charge in [0.05, 0.1) is 12.7 Å². The van der Waals surface area contributed by atoms with E-state index in [-0.39, 0.29) is 5.92 Å². The van der Waals surface area contributed by atoms with Crippen LogP contribution in [0.4, 0.5) is 0 Å². The molecule has 1 aromatic carbocycles. The lowest BCUT2D eigenvalue weighted by Crippen LogP contribution is -2.33. The number of aromatic nitrogens is 1. The molecule has 1 aromatic heterocycles. The minimum atomic E-state index is -0.423. The van der Waals surface area contributed by atoms with Gasteiger partial charge in [-0.3, -0.25) is 0 Å². The minimum absolute atomic E-state index is 0.290. The molecule has 0 radical (unpaired) electrons. The van der Waals surface area contributed by atoms with Crippen molar-refractivity contribution in [3.05, 3.63) is 30.0 Å². The fraction of sp³-hybridized carbons (Fsp3) is 0.529. The first-order valence-electron chi connectivity index (χ1n) is 7.92. The van der Waals surface area contributed by atoms with Crippen molar-refractivity contribution in [3.8, 4) is 5.75 Å². The van der Waals surface area contributed by atoms with Crippen molar-refractivity contribution in [3.63, 3.8) is 0 Å². The maximum absolute atomic E-state index is 10.7. The van der Waals surface area contributed by atoms with Crippen LogP contribution in [-0.4, -0.2) is 29.8 Å². The summed E-state index contributed by atoms with van der Waals surface area (Å²) in [5.41, 5.74) is 2.04. The van der Waals surface area contributed by atoms with Gasteiger partial charge >= 0.3 is 0 Å². The Morgan fingerprint density at radius 2 is 2.33 bits per heavy atom. The second kappa shape index (κ2) is 6.50. The standard InChI is InChI=1S/C17H24N2O2/c1-2-8-21-13-5-6-16-14(9-13)15(11-19-16)17(20)12-4-3-7-18-10-12/h5-6,9,11-12,17-20H,2-4,7-8,10H2,1H3. The number of fused-ring (bicyclic) bond motifs is 1. The Labute approximate surface area is 125 Å². The van der Waals surface area contributed by atoms with Crippen molar-refractivity contribution < 1.29 is 9.84 Å². The molecule has 4 nitrogen and oxygen atoms in total. The summed E-state index contributed by atoms with van der Waals surface area (Å²) in [5, 5.41) is 15.1. The van der Waals surface area contributed by atoms with Crippen LogP contribution in [0.1, 0.15) is 37.9 Å². The highest BCUT2D eigenvalue weighted by atomic mass is 16.5. The van der Waals surface area contributed by atoms with Gasteiger partial charge in [-0.15, -0.1) is 0 Å². The number of hydrogen-bond acceptors (Lipinski definition) is 3. The van der Waals surface area contributed by atoms with Gasteiger partial charge in [-0.2, -0.15) is 0 Å². The molecule has 2 aromatic rings. The van der Waals surface area contributed by atoms with E-state index in [1.165, 1.54) is 0 Å². The van der Waals surface area contributed by atoms with Gasteiger partial charge in [0.15, 0.2) is 0 Å². The molecule has 0 bridgehead atoms. The summed E-state index contributed by atoms with van der Waals surface area (Å²) in [5.74, 6) is 1.16. The van der Waals surface area contributed by atoms with E-state index in [0.717, 1.165) is 61.2 Å². The Morgan fingerprint density at radius 1 is 1.43 bits per heavy atom. The van der Waals surface area contributed by atoms with Crippen LogP contribution in [-0.2, 0) is 0 Å². The molecule has 1 aliphatic heterocycles. The van der Waals surface area contributed by atoms with E-state index in [1.807, 2.05) is 24.4 Å². The third-order valence-corrected chi connectivity index (χ3v) is 4.26. The highest BCUT2D eigenvalue weighted by Gasteiger charge is 2.25. The number of H-pyrrole nitrogens is 1. The molecule has 21 heavy (non-hydrogen) atoms. The van der Waals surface area contributed by atoms with Gasteiger partial charge in [0.25, 0.3) is 0 Å². The summed E-state index contributed by atoms with van der Waals surface area (Å²) in [7, 11) is 0. The molecular weight excluding hydrogens is 264 g/mol. The summed E-state index contributed by atoms with van der Waals surface area (Å²) in [4.78, 5) is 3.26. The van der Waals surface area contributed by atoms with Crippen LogP contribution >= 0.6 is 0 Å². The number of benzene rings is 1. The first-order valence-corrected chi connectivity index (χ1v) is 7.92. The first-order chi connectivity index (χ1) is 10.3. The van der Waals surface area contributed by atoms with Gasteiger partial charge in [-0.05, 0) is 44.0 Å². The monoisotopic (exact) mass is 288 g/mol. The minimum Gasteiger partial charge on any atom is -0.494 e. The fourth-order valence-corrected chi connectivity index (χ4v) is 3.08. The normalized spacial score (nSPS) is 20.6. The summed E-state index contributed by atoms with van der Waals surface area (Å²) < 4.78 is 5.71. The van der Waals surface area contributed by atoms with E-state index < -0.39 is 6.10 Å². The van der Waals surface area contributed by atoms with Crippen molar-refractivity contribution in [1.82, 2.24) is 10.3 Å². The molecule has 0 saturated carbocycles. The third kappa shape index (κ3) is 3.06. The lowest BCUT2D eigenvalue weighted by Gasteiger charge is -2.27. The molecule has 114 valence electrons. The Morgan fingerprint density at radius 3 is 3.10 bits per heavy atom. The number of ether oxygens (including phenoxy) is 1. The number of nitrogens with one attached hydrogen (secondary N) is 2. The van der Waals surface area contributed by atoms with Crippen LogP contribution in [0.3, 0.4) is 0 Å². The molecule has 0 spiro atoms. The molecule has 1 fully saturated rings. The predicted molar refractivity (Wildman–Crippen MR) is 84.6 cm³/mol. The van der Waals surface area contributed by atoms with E-state index >= 15 is 0 Å². The van der Waals surface area contributed by atoms with Gasteiger partial charge in [-0.25, -0.2) is 0 Å². The zero-order valence-corrected chi connectivity index (χ0v) is 12.6. The Kier molecular flexibility index (Phi) is 4.46. The van der Waals surface area contributed by atoms with Crippen LogP contribution in [0.2, 0.25) is 0 Å². The Balaban J connectivity index is 1.86. The van der Waals surface area contributed by atoms with Crippen molar-refractivity contribution in [2.75, 3.05) is 19.7 Å². The van der Waals surface area contributed by atoms with E-state index in [0.29, 0.717) is 0 Å². The number of aromatic amines is 1. The average molecular weight is 288 g/mol. The maximum atomic E-state index is 10.7. The van der Waals surface area contributed by atoms with Crippen molar-refractivity contribution in [2.24, 2.45) is 5.92 Å². The molecule has 0 amide bonds. The van der Waals surface area contributed by atoms with E-state index in [1.54, 1.807) is 0 Å². The number of piperidine rings is 1. The quantitative estimate of drug-likeness (QED) is 0.792. The van der Waals surface area contributed by atoms with Crippen LogP contribution in [0.15, 0.2) is 24.4 Å². The smallest absolute Gasteiger partial charge is 0.120 e. The molecule has 1 aliphatic rings. The molecule has 2 unspecified atom stereocenters. The van der Waals surface area contributed by atoms with Crippen molar-refractivity contribution in [2.45, 2.75) is 32.3 Å². The van der Waals surface area contributed by atoms with Crippen LogP contribution in [0.5, 0.6) is 5.75 Å². The summed E-state index contributed by atoms with van der Waals surface area (Å²) >= 11 is 0. The maximum Gasteiger partial charge on any atom is 0.120 e. The molecule has 2 atom stereocenters. The number of aliphatic hydroxyl groups is 1. The van der Waals surface area contributed by atoms with Crippen LogP contribution < -0.4 is 10.1 Å². The molecule has 3 N–H and O–H groups in total. The van der Waals surface area contributed by atoms with Crippen LogP contribution in [0, 0.1) is 5.92 Å². The fourth-order valence-electron chi connectivity index (χ4n) is 3.08. The molecule has 2 heterocycles. The zero-order valence-electron chi connectivity index (χ0n) is 12.6. The predicted octanol–water partition coefficient (Wildman–Crippen LogP) is 2.99. The van der Waals surface area contributed by atoms with Gasteiger partial charge in [-0.1, -0.05) is 6.92 Å². The zero-order chi connectivity index (χ0) is 14.7. The largest absolute Gasteiger partial charge is 0.494 e. The highest BCUT2D eigenvalue weighted by Crippen LogP contribution is 2.33. The molecule has 4 heteroatoms. The molecule has 0 aliphatic carbocycles. The second-order valence-electron chi connectivity index (χ2n) is 5.85. The SMILES string of the molecule is CCCOc1ccc2[nH]cc(C(O)C3CCCNC3)c2c1. The van der Waals surface area contributed by atoms with Gasteiger partial charge < -0.3 is 20.1 Å². The van der Waals surface area contributed by atoms with Gasteiger partial charge in [0.1, 0.15) is 5.75 Å².